The van der Waals surface area contributed by atoms with Crippen LogP contribution in [0.4, 0.5) is 0 Å². The summed E-state index contributed by atoms with van der Waals surface area (Å²) in [5.74, 6) is 0.684. The Morgan fingerprint density at radius 1 is 0.880 bits per heavy atom. The Balaban J connectivity index is 1.45. The lowest BCUT2D eigenvalue weighted by molar-refractivity contribution is 0.0133. The second kappa shape index (κ2) is 8.84. The van der Waals surface area contributed by atoms with Crippen LogP contribution in [0.2, 0.25) is 5.02 Å². The Morgan fingerprint density at radius 2 is 1.48 bits per heavy atom. The van der Waals surface area contributed by atoms with Crippen LogP contribution in [0.25, 0.3) is 0 Å². The summed E-state index contributed by atoms with van der Waals surface area (Å²) in [6.07, 6.45) is 5.13. The molecular formula is C22H28ClNO. The number of hydrogen-bond acceptors (Lipinski definition) is 2. The van der Waals surface area contributed by atoms with E-state index in [0.717, 1.165) is 24.4 Å². The maximum absolute atomic E-state index is 6.11. The quantitative estimate of drug-likeness (QED) is 0.662. The highest BCUT2D eigenvalue weighted by molar-refractivity contribution is 6.30. The first-order valence-corrected chi connectivity index (χ1v) is 9.57. The van der Waals surface area contributed by atoms with Gasteiger partial charge in [0.2, 0.25) is 0 Å². The van der Waals surface area contributed by atoms with Crippen LogP contribution in [-0.2, 0) is 17.9 Å². The second-order valence-electron chi connectivity index (χ2n) is 7.39. The normalized spacial score (nSPS) is 20.8. The van der Waals surface area contributed by atoms with Crippen LogP contribution in [0.3, 0.4) is 0 Å². The minimum absolute atomic E-state index is 0.389. The molecule has 2 nitrogen and oxygen atoms in total. The molecule has 2 aromatic carbocycles. The van der Waals surface area contributed by atoms with E-state index in [-0.39, 0.29) is 0 Å². The molecule has 0 aliphatic heterocycles. The van der Waals surface area contributed by atoms with Crippen molar-refractivity contribution in [3.05, 3.63) is 70.2 Å². The summed E-state index contributed by atoms with van der Waals surface area (Å²) in [5.41, 5.74) is 4.07. The van der Waals surface area contributed by atoms with Crippen molar-refractivity contribution >= 4 is 11.6 Å². The monoisotopic (exact) mass is 357 g/mol. The summed E-state index contributed by atoms with van der Waals surface area (Å²) in [5, 5.41) is 0.779. The van der Waals surface area contributed by atoms with Gasteiger partial charge in [-0.1, -0.05) is 48.0 Å². The minimum atomic E-state index is 0.389. The van der Waals surface area contributed by atoms with Crippen molar-refractivity contribution in [3.63, 3.8) is 0 Å². The Labute approximate surface area is 156 Å². The summed E-state index contributed by atoms with van der Waals surface area (Å²) in [6.45, 7) is 1.69. The fraction of sp³-hybridized carbons (Fsp3) is 0.455. The Morgan fingerprint density at radius 3 is 2.08 bits per heavy atom. The van der Waals surface area contributed by atoms with E-state index in [0.29, 0.717) is 18.6 Å². The minimum Gasteiger partial charge on any atom is -0.374 e. The molecule has 2 aromatic rings. The number of nitrogens with zero attached hydrogens (tertiary/aromatic N) is 1. The van der Waals surface area contributed by atoms with Crippen molar-refractivity contribution in [3.8, 4) is 0 Å². The smallest absolute Gasteiger partial charge is 0.0720 e. The van der Waals surface area contributed by atoms with Gasteiger partial charge >= 0.3 is 0 Å². The van der Waals surface area contributed by atoms with Gasteiger partial charge in [-0.25, -0.2) is 0 Å². The molecule has 0 spiro atoms. The van der Waals surface area contributed by atoms with E-state index in [2.05, 4.69) is 43.3 Å². The van der Waals surface area contributed by atoms with Crippen molar-refractivity contribution in [2.45, 2.75) is 50.9 Å². The molecule has 1 aliphatic rings. The van der Waals surface area contributed by atoms with Crippen molar-refractivity contribution in [1.29, 1.82) is 0 Å². The maximum atomic E-state index is 6.11. The van der Waals surface area contributed by atoms with Crippen LogP contribution in [0.15, 0.2) is 48.5 Å². The van der Waals surface area contributed by atoms with Gasteiger partial charge < -0.3 is 9.64 Å². The molecule has 0 N–H and O–H groups in total. The summed E-state index contributed by atoms with van der Waals surface area (Å²) >= 11 is 5.93. The van der Waals surface area contributed by atoms with Gasteiger partial charge in [0.25, 0.3) is 0 Å². The van der Waals surface area contributed by atoms with Gasteiger partial charge in [0.15, 0.2) is 0 Å². The van der Waals surface area contributed by atoms with E-state index < -0.39 is 0 Å². The number of hydrogen-bond donors (Lipinski definition) is 0. The molecule has 1 fully saturated rings. The summed E-state index contributed by atoms with van der Waals surface area (Å²) in [4.78, 5) is 2.21. The van der Waals surface area contributed by atoms with Gasteiger partial charge in [-0.2, -0.15) is 0 Å². The van der Waals surface area contributed by atoms with Crippen LogP contribution in [0.1, 0.15) is 48.3 Å². The predicted octanol–water partition coefficient (Wildman–Crippen LogP) is 5.64. The standard InChI is InChI=1S/C22H28ClNO/c1-24(2)15-17-3-7-19(8-4-17)20-9-13-22(14-10-20)25-16-18-5-11-21(23)12-6-18/h3-8,11-12,20,22H,9-10,13-16H2,1-2H3/t20-,22+. The van der Waals surface area contributed by atoms with Gasteiger partial charge in [0, 0.05) is 11.6 Å². The van der Waals surface area contributed by atoms with Gasteiger partial charge in [-0.05, 0) is 74.5 Å². The Hall–Kier alpha value is -1.35. The van der Waals surface area contributed by atoms with Crippen LogP contribution >= 0.6 is 11.6 Å². The fourth-order valence-corrected chi connectivity index (χ4v) is 3.74. The highest BCUT2D eigenvalue weighted by Crippen LogP contribution is 2.34. The fourth-order valence-electron chi connectivity index (χ4n) is 3.62. The van der Waals surface area contributed by atoms with Crippen LogP contribution in [0.5, 0.6) is 0 Å². The molecule has 0 unspecified atom stereocenters. The van der Waals surface area contributed by atoms with E-state index in [9.17, 15) is 0 Å². The lowest BCUT2D eigenvalue weighted by Gasteiger charge is -2.29. The molecule has 3 heteroatoms. The third kappa shape index (κ3) is 5.57. The topological polar surface area (TPSA) is 12.5 Å². The maximum Gasteiger partial charge on any atom is 0.0720 e. The van der Waals surface area contributed by atoms with Crippen LogP contribution in [0, 0.1) is 0 Å². The molecular weight excluding hydrogens is 330 g/mol. The highest BCUT2D eigenvalue weighted by Gasteiger charge is 2.22. The molecule has 3 rings (SSSR count). The first kappa shape index (κ1) is 18.4. The predicted molar refractivity (Wildman–Crippen MR) is 105 cm³/mol. The van der Waals surface area contributed by atoms with Gasteiger partial charge in [0.1, 0.15) is 0 Å². The van der Waals surface area contributed by atoms with E-state index in [1.807, 2.05) is 24.3 Å². The molecule has 0 amide bonds. The molecule has 0 bridgehead atoms. The van der Waals surface area contributed by atoms with Gasteiger partial charge in [-0.3, -0.25) is 0 Å². The number of rotatable bonds is 6. The van der Waals surface area contributed by atoms with Crippen LogP contribution in [-0.4, -0.2) is 25.1 Å². The van der Waals surface area contributed by atoms with E-state index in [1.165, 1.54) is 29.5 Å². The zero-order chi connectivity index (χ0) is 17.6. The van der Waals surface area contributed by atoms with Crippen LogP contribution < -0.4 is 0 Å². The zero-order valence-corrected chi connectivity index (χ0v) is 16.0. The number of ether oxygens (including phenoxy) is 1. The highest BCUT2D eigenvalue weighted by atomic mass is 35.5. The molecule has 0 aromatic heterocycles. The first-order valence-electron chi connectivity index (χ1n) is 9.20. The number of benzene rings is 2. The SMILES string of the molecule is CN(C)Cc1ccc([C@H]2CC[C@@H](OCc3ccc(Cl)cc3)CC2)cc1. The molecule has 134 valence electrons. The largest absolute Gasteiger partial charge is 0.374 e. The lowest BCUT2D eigenvalue weighted by Crippen LogP contribution is -2.20. The summed E-state index contributed by atoms with van der Waals surface area (Å²) in [6, 6.07) is 17.1. The van der Waals surface area contributed by atoms with Crippen molar-refractivity contribution in [2.24, 2.45) is 0 Å². The van der Waals surface area contributed by atoms with E-state index >= 15 is 0 Å². The molecule has 0 saturated heterocycles. The van der Waals surface area contributed by atoms with Gasteiger partial charge in [0.05, 0.1) is 12.7 Å². The summed E-state index contributed by atoms with van der Waals surface area (Å²) < 4.78 is 6.11. The van der Waals surface area contributed by atoms with E-state index in [1.54, 1.807) is 0 Å². The Bertz CT molecular complexity index is 643. The second-order valence-corrected chi connectivity index (χ2v) is 7.83. The third-order valence-electron chi connectivity index (χ3n) is 5.02. The third-order valence-corrected chi connectivity index (χ3v) is 5.28. The molecule has 0 heterocycles. The molecule has 25 heavy (non-hydrogen) atoms. The Kier molecular flexibility index (Phi) is 6.52. The number of halogens is 1. The molecule has 0 radical (unpaired) electrons. The molecule has 0 atom stereocenters. The zero-order valence-electron chi connectivity index (χ0n) is 15.2. The average molecular weight is 358 g/mol. The summed E-state index contributed by atoms with van der Waals surface area (Å²) in [7, 11) is 4.22. The van der Waals surface area contributed by atoms with Crippen molar-refractivity contribution in [1.82, 2.24) is 4.90 Å². The lowest BCUT2D eigenvalue weighted by atomic mass is 9.82. The first-order chi connectivity index (χ1) is 12.1. The average Bonchev–Trinajstić information content (AvgIpc) is 2.62. The molecule has 1 aliphatic carbocycles. The van der Waals surface area contributed by atoms with Gasteiger partial charge in [-0.15, -0.1) is 0 Å². The van der Waals surface area contributed by atoms with Crippen molar-refractivity contribution < 1.29 is 4.74 Å². The molecule has 1 saturated carbocycles. The van der Waals surface area contributed by atoms with Crippen molar-refractivity contribution in [2.75, 3.05) is 14.1 Å². The van der Waals surface area contributed by atoms with E-state index in [4.69, 9.17) is 16.3 Å².